The van der Waals surface area contributed by atoms with Crippen molar-refractivity contribution in [1.29, 1.82) is 0 Å². The Morgan fingerprint density at radius 1 is 1.23 bits per heavy atom. The van der Waals surface area contributed by atoms with E-state index in [9.17, 15) is 4.39 Å². The first-order valence-corrected chi connectivity index (χ1v) is 8.74. The van der Waals surface area contributed by atoms with Gasteiger partial charge in [0, 0.05) is 35.6 Å². The molecule has 2 aromatic carbocycles. The second kappa shape index (κ2) is 8.38. The van der Waals surface area contributed by atoms with E-state index in [0.29, 0.717) is 29.5 Å². The van der Waals surface area contributed by atoms with Crippen LogP contribution in [0.15, 0.2) is 42.9 Å². The Kier molecular flexibility index (Phi) is 5.96. The van der Waals surface area contributed by atoms with Crippen molar-refractivity contribution in [2.75, 3.05) is 18.3 Å². The largest absolute Gasteiger partial charge is 0.493 e. The molecule has 8 heteroatoms. The van der Waals surface area contributed by atoms with E-state index in [1.807, 2.05) is 0 Å². The Bertz CT molecular complexity index is 911. The summed E-state index contributed by atoms with van der Waals surface area (Å²) in [4.78, 5) is 8.21. The molecule has 3 rings (SSSR count). The van der Waals surface area contributed by atoms with Gasteiger partial charge in [0.05, 0.1) is 17.6 Å². The molecule has 136 valence electrons. The minimum atomic E-state index is -0.483. The van der Waals surface area contributed by atoms with Crippen LogP contribution in [-0.2, 0) is 0 Å². The summed E-state index contributed by atoms with van der Waals surface area (Å²) in [5, 5.41) is 4.00. The maximum Gasteiger partial charge on any atom is 0.171 e. The monoisotopic (exact) mass is 395 g/mol. The van der Waals surface area contributed by atoms with Crippen molar-refractivity contribution in [3.63, 3.8) is 0 Å². The number of rotatable bonds is 7. The van der Waals surface area contributed by atoms with Crippen molar-refractivity contribution in [2.24, 2.45) is 0 Å². The smallest absolute Gasteiger partial charge is 0.171 e. The normalized spacial score (nSPS) is 12.0. The summed E-state index contributed by atoms with van der Waals surface area (Å²) in [6, 6.07) is 7.94. The lowest BCUT2D eigenvalue weighted by Crippen LogP contribution is -2.27. The number of fused-ring (bicyclic) bond motifs is 1. The van der Waals surface area contributed by atoms with E-state index in [-0.39, 0.29) is 5.02 Å². The first-order valence-electron chi connectivity index (χ1n) is 7.82. The highest BCUT2D eigenvalue weighted by molar-refractivity contribution is 6.31. The summed E-state index contributed by atoms with van der Waals surface area (Å²) < 4.78 is 24.8. The van der Waals surface area contributed by atoms with E-state index in [0.717, 1.165) is 10.9 Å². The highest BCUT2D eigenvalue weighted by Crippen LogP contribution is 2.32. The van der Waals surface area contributed by atoms with Crippen molar-refractivity contribution in [1.82, 2.24) is 9.97 Å². The molecule has 0 fully saturated rings. The van der Waals surface area contributed by atoms with Crippen LogP contribution in [0.2, 0.25) is 5.02 Å². The fraction of sp³-hybridized carbons (Fsp3) is 0.222. The van der Waals surface area contributed by atoms with E-state index < -0.39 is 12.0 Å². The second-order valence-electron chi connectivity index (χ2n) is 5.44. The first-order chi connectivity index (χ1) is 12.6. The van der Waals surface area contributed by atoms with Crippen LogP contribution in [0, 0.1) is 5.82 Å². The fourth-order valence-corrected chi connectivity index (χ4v) is 2.80. The maximum absolute atomic E-state index is 13.3. The number of methoxy groups -OCH3 is 1. The van der Waals surface area contributed by atoms with Gasteiger partial charge in [-0.15, -0.1) is 11.6 Å². The van der Waals surface area contributed by atoms with Crippen LogP contribution in [-0.4, -0.2) is 29.2 Å². The Morgan fingerprint density at radius 2 is 2.08 bits per heavy atom. The Labute approximate surface area is 160 Å². The topological polar surface area (TPSA) is 56.3 Å². The zero-order chi connectivity index (χ0) is 18.5. The molecule has 26 heavy (non-hydrogen) atoms. The molecule has 3 aromatic rings. The molecule has 0 bridgehead atoms. The van der Waals surface area contributed by atoms with Gasteiger partial charge >= 0.3 is 0 Å². The van der Waals surface area contributed by atoms with Gasteiger partial charge in [0.15, 0.2) is 17.7 Å². The maximum atomic E-state index is 13.3. The lowest BCUT2D eigenvalue weighted by atomic mass is 10.2. The molecular weight excluding hydrogens is 380 g/mol. The molecule has 1 N–H and O–H groups in total. The van der Waals surface area contributed by atoms with Gasteiger partial charge in [0.2, 0.25) is 0 Å². The number of ether oxygens (including phenoxy) is 2. The molecule has 1 atom stereocenters. The SMILES string of the molecule is COc1cc2ncncc2cc1OC(CCCl)Nc1ccc(F)c(Cl)c1. The van der Waals surface area contributed by atoms with Crippen LogP contribution in [0.5, 0.6) is 11.5 Å². The molecule has 0 aliphatic rings. The van der Waals surface area contributed by atoms with Crippen LogP contribution in [0.4, 0.5) is 10.1 Å². The number of nitrogens with one attached hydrogen (secondary N) is 1. The summed E-state index contributed by atoms with van der Waals surface area (Å²) in [5.41, 5.74) is 1.37. The quantitative estimate of drug-likeness (QED) is 0.456. The third kappa shape index (κ3) is 4.26. The predicted octanol–water partition coefficient (Wildman–Crippen LogP) is 4.88. The molecule has 0 saturated heterocycles. The van der Waals surface area contributed by atoms with Crippen molar-refractivity contribution in [3.05, 3.63) is 53.7 Å². The number of hydrogen-bond donors (Lipinski definition) is 1. The highest BCUT2D eigenvalue weighted by atomic mass is 35.5. The number of nitrogens with zero attached hydrogens (tertiary/aromatic N) is 2. The minimum absolute atomic E-state index is 0.0278. The van der Waals surface area contributed by atoms with Gasteiger partial charge < -0.3 is 14.8 Å². The van der Waals surface area contributed by atoms with Crippen LogP contribution in [0.1, 0.15) is 6.42 Å². The van der Waals surface area contributed by atoms with Gasteiger partial charge in [-0.3, -0.25) is 0 Å². The van der Waals surface area contributed by atoms with Gasteiger partial charge in [-0.2, -0.15) is 0 Å². The number of alkyl halides is 1. The lowest BCUT2D eigenvalue weighted by molar-refractivity contribution is 0.216. The fourth-order valence-electron chi connectivity index (χ4n) is 2.43. The zero-order valence-corrected chi connectivity index (χ0v) is 15.4. The highest BCUT2D eigenvalue weighted by Gasteiger charge is 2.15. The second-order valence-corrected chi connectivity index (χ2v) is 6.23. The summed E-state index contributed by atoms with van der Waals surface area (Å²) in [7, 11) is 1.55. The lowest BCUT2D eigenvalue weighted by Gasteiger charge is -2.22. The molecule has 5 nitrogen and oxygen atoms in total. The van der Waals surface area contributed by atoms with E-state index in [4.69, 9.17) is 32.7 Å². The molecule has 1 heterocycles. The molecule has 0 saturated carbocycles. The minimum Gasteiger partial charge on any atom is -0.493 e. The van der Waals surface area contributed by atoms with Crippen molar-refractivity contribution < 1.29 is 13.9 Å². The van der Waals surface area contributed by atoms with Crippen LogP contribution >= 0.6 is 23.2 Å². The van der Waals surface area contributed by atoms with Crippen molar-refractivity contribution >= 4 is 39.8 Å². The first kappa shape index (κ1) is 18.5. The molecule has 1 unspecified atom stereocenters. The predicted molar refractivity (Wildman–Crippen MR) is 101 cm³/mol. The van der Waals surface area contributed by atoms with E-state index in [2.05, 4.69) is 15.3 Å². The molecular formula is C18H16Cl2FN3O2. The number of benzene rings is 2. The molecule has 0 aliphatic heterocycles. The van der Waals surface area contributed by atoms with Gasteiger partial charge in [-0.1, -0.05) is 11.6 Å². The summed E-state index contributed by atoms with van der Waals surface area (Å²) in [6.45, 7) is 0. The van der Waals surface area contributed by atoms with Crippen LogP contribution in [0.25, 0.3) is 10.9 Å². The van der Waals surface area contributed by atoms with E-state index in [1.54, 1.807) is 31.5 Å². The van der Waals surface area contributed by atoms with Crippen LogP contribution < -0.4 is 14.8 Å². The van der Waals surface area contributed by atoms with Crippen LogP contribution in [0.3, 0.4) is 0 Å². The Morgan fingerprint density at radius 3 is 2.81 bits per heavy atom. The molecule has 0 radical (unpaired) electrons. The third-order valence-corrected chi connectivity index (χ3v) is 4.19. The summed E-state index contributed by atoms with van der Waals surface area (Å²) in [5.74, 6) is 0.939. The van der Waals surface area contributed by atoms with Crippen molar-refractivity contribution in [3.8, 4) is 11.5 Å². The van der Waals surface area contributed by atoms with E-state index >= 15 is 0 Å². The zero-order valence-electron chi connectivity index (χ0n) is 13.9. The van der Waals surface area contributed by atoms with Gasteiger partial charge in [-0.25, -0.2) is 14.4 Å². The number of aromatic nitrogens is 2. The number of hydrogen-bond acceptors (Lipinski definition) is 5. The molecule has 0 aliphatic carbocycles. The standard InChI is InChI=1S/C18H16Cl2FN3O2/c1-25-16-8-15-11(9-22-10-23-15)6-17(16)26-18(4-5-19)24-12-2-3-14(21)13(20)7-12/h2-3,6-10,18,24H,4-5H2,1H3. The molecule has 0 amide bonds. The van der Waals surface area contributed by atoms with Crippen molar-refractivity contribution in [2.45, 2.75) is 12.6 Å². The van der Waals surface area contributed by atoms with E-state index in [1.165, 1.54) is 18.5 Å². The average Bonchev–Trinajstić information content (AvgIpc) is 2.64. The summed E-state index contributed by atoms with van der Waals surface area (Å²) in [6.07, 6.45) is 3.20. The average molecular weight is 396 g/mol. The third-order valence-electron chi connectivity index (χ3n) is 3.68. The van der Waals surface area contributed by atoms with Gasteiger partial charge in [0.25, 0.3) is 0 Å². The Hall–Kier alpha value is -2.31. The van der Waals surface area contributed by atoms with Gasteiger partial charge in [-0.05, 0) is 24.3 Å². The Balaban J connectivity index is 1.87. The molecule has 1 aromatic heterocycles. The summed E-state index contributed by atoms with van der Waals surface area (Å²) >= 11 is 11.7. The molecule has 0 spiro atoms. The number of halogens is 3. The van der Waals surface area contributed by atoms with Gasteiger partial charge in [0.1, 0.15) is 12.1 Å². The number of anilines is 1.